The number of nitrogens with two attached hydrogens (primary N) is 5. The molecule has 8 aromatic rings. The van der Waals surface area contributed by atoms with Crippen LogP contribution in [-0.4, -0.2) is 348 Å². The number of carbonyl (C=O) groups excluding carboxylic acids is 4. The van der Waals surface area contributed by atoms with Crippen molar-refractivity contribution in [1.82, 2.24) is 88.7 Å². The first kappa shape index (κ1) is 112. The SMILES string of the molecule is CC(C)C(=O)Cc1nc2c(ncn2[C@@H]2O[C@@H]3COP(=O)(O)O[C@@H]4C(NC(=O)CCOCCOCCOCCOCCN)[C@H](n5cnc6c(=O)[nH]c(NC(=O)C(C)C)nc65)O[C@@H]4COP(=O)(O)O[C@@H]3C2C)c(=O)[nH]1.CC1[C@H]2OP(=O)(O)OC[C@H]3O[C@@H](n4cnc5c(=O)[nH]c(N)nc54)C(NC(=O)CCOCCOCCOCCOCCN)[C@H]3OP(C)(=O)OC[C@H]2O[C@H]1n1cnc2c(=O)[nH]c(N)nc21.CCO.CN. The molecule has 0 saturated carbocycles. The number of imidazole rings is 4. The number of ether oxygens (including phenoxy) is 12. The Kier molecular flexibility index (Phi) is 41.5. The van der Waals surface area contributed by atoms with Crippen LogP contribution in [0.3, 0.4) is 0 Å². The molecule has 6 aliphatic heterocycles. The van der Waals surface area contributed by atoms with Crippen LogP contribution in [-0.2, 0) is 137 Å². The predicted octanol–water partition coefficient (Wildman–Crippen LogP) is -1.97. The summed E-state index contributed by atoms with van der Waals surface area (Å²) in [7, 11) is -18.0. The highest BCUT2D eigenvalue weighted by Crippen LogP contribution is 2.57. The third-order valence-electron chi connectivity index (χ3n) is 21.8. The third-order valence-corrected chi connectivity index (χ3v) is 26.0. The van der Waals surface area contributed by atoms with Crippen LogP contribution in [0.1, 0.15) is 92.0 Å². The number of nitrogens with zero attached hydrogens (tertiary/aromatic N) is 12. The van der Waals surface area contributed by atoms with Crippen LogP contribution in [0.4, 0.5) is 17.8 Å². The number of carbonyl (C=O) groups is 4. The molecule has 141 heavy (non-hydrogen) atoms. The van der Waals surface area contributed by atoms with Gasteiger partial charge in [0, 0.05) is 62.9 Å². The second-order valence-electron chi connectivity index (χ2n) is 32.7. The molecule has 8 aromatic heterocycles. The molecule has 20 atom stereocenters. The Labute approximate surface area is 802 Å². The van der Waals surface area contributed by atoms with Crippen molar-refractivity contribution in [3.05, 3.63) is 72.5 Å². The van der Waals surface area contributed by atoms with Gasteiger partial charge < -0.3 is 130 Å². The first-order valence-electron chi connectivity index (χ1n) is 44.8. The van der Waals surface area contributed by atoms with E-state index in [2.05, 4.69) is 81.5 Å². The van der Waals surface area contributed by atoms with Crippen LogP contribution >= 0.6 is 31.1 Å². The Bertz CT molecular complexity index is 5940. The Morgan fingerprint density at radius 1 is 0.454 bits per heavy atom. The van der Waals surface area contributed by atoms with Crippen molar-refractivity contribution in [1.29, 1.82) is 0 Å². The molecule has 14 heterocycles. The summed E-state index contributed by atoms with van der Waals surface area (Å²) in [6, 6.07) is -2.75. The van der Waals surface area contributed by atoms with Crippen LogP contribution in [0.5, 0.6) is 0 Å². The number of aliphatic hydroxyl groups excluding tert-OH is 1. The largest absolute Gasteiger partial charge is 0.472 e. The van der Waals surface area contributed by atoms with Crippen molar-refractivity contribution in [3.8, 4) is 0 Å². The summed E-state index contributed by atoms with van der Waals surface area (Å²) < 4.78 is 175. The molecule has 0 spiro atoms. The summed E-state index contributed by atoms with van der Waals surface area (Å²) >= 11 is 0. The van der Waals surface area contributed by atoms with Gasteiger partial charge in [0.2, 0.25) is 35.6 Å². The topological polar surface area (TPSA) is 823 Å². The summed E-state index contributed by atoms with van der Waals surface area (Å²) in [6.45, 7) is 15.3. The lowest BCUT2D eigenvalue weighted by Gasteiger charge is -2.30. The number of ketones is 1. The van der Waals surface area contributed by atoms with Crippen molar-refractivity contribution in [3.63, 3.8) is 0 Å². The zero-order valence-corrected chi connectivity index (χ0v) is 82.1. The van der Waals surface area contributed by atoms with E-state index in [9.17, 15) is 71.3 Å². The molecule has 64 heteroatoms. The first-order chi connectivity index (χ1) is 67.3. The fourth-order valence-electron chi connectivity index (χ4n) is 15.1. The van der Waals surface area contributed by atoms with E-state index < -0.39 is 201 Å². The molecular formula is C77H122N24O36P4. The van der Waals surface area contributed by atoms with Gasteiger partial charge in [0.1, 0.15) is 85.0 Å². The summed E-state index contributed by atoms with van der Waals surface area (Å²) in [5.74, 6) is -5.06. The fourth-order valence-corrected chi connectivity index (χ4v) is 19.4. The number of hydrogen-bond acceptors (Lipinski definition) is 46. The molecule has 14 rings (SSSR count). The molecule has 0 aromatic carbocycles. The Hall–Kier alpha value is -9.08. The first-order valence-corrected chi connectivity index (χ1v) is 51.3. The van der Waals surface area contributed by atoms with Crippen molar-refractivity contribution in [2.45, 2.75) is 154 Å². The normalized spacial score (nSPS) is 28.0. The highest BCUT2D eigenvalue weighted by Gasteiger charge is 2.57. The smallest absolute Gasteiger partial charge is 0.397 e. The van der Waals surface area contributed by atoms with Gasteiger partial charge in [0.05, 0.1) is 164 Å². The van der Waals surface area contributed by atoms with E-state index in [4.69, 9.17) is 121 Å². The number of nitrogen functional groups attached to an aromatic ring is 2. The van der Waals surface area contributed by atoms with Crippen molar-refractivity contribution < 1.29 is 150 Å². The number of aromatic nitrogens is 16. The second kappa shape index (κ2) is 52.1. The number of H-pyrrole nitrogens is 4. The van der Waals surface area contributed by atoms with Crippen LogP contribution in [0.2, 0.25) is 0 Å². The molecule has 6 fully saturated rings. The lowest BCUT2D eigenvalue weighted by Crippen LogP contribution is -2.48. The highest BCUT2D eigenvalue weighted by atomic mass is 31.2. The van der Waals surface area contributed by atoms with Gasteiger partial charge in [-0.25, -0.2) is 38.6 Å². The average molecular weight is 2080 g/mol. The number of Topliss-reactive ketones (excluding diaryl/α,β-unsaturated/α-hetero) is 1. The zero-order valence-electron chi connectivity index (χ0n) is 78.5. The number of anilines is 3. The molecule has 3 amide bonds. The monoisotopic (exact) mass is 2080 g/mol. The molecule has 786 valence electrons. The summed E-state index contributed by atoms with van der Waals surface area (Å²) in [5, 5.41) is 15.6. The van der Waals surface area contributed by atoms with E-state index in [0.29, 0.717) is 72.6 Å². The number of aromatic amines is 4. The molecular weight excluding hydrogens is 1960 g/mol. The van der Waals surface area contributed by atoms with Crippen molar-refractivity contribution in [2.24, 2.45) is 40.9 Å². The second-order valence-corrected chi connectivity index (χ2v) is 38.9. The van der Waals surface area contributed by atoms with Crippen molar-refractivity contribution >= 4 is 117 Å². The lowest BCUT2D eigenvalue weighted by molar-refractivity contribution is -0.125. The van der Waals surface area contributed by atoms with E-state index in [1.165, 1.54) is 51.0 Å². The molecule has 8 unspecified atom stereocenters. The number of fused-ring (bicyclic) bond motifs is 8. The molecule has 0 radical (unpaired) electrons. The van der Waals surface area contributed by atoms with Gasteiger partial charge >= 0.3 is 31.1 Å². The minimum absolute atomic E-state index is 0.0126. The van der Waals surface area contributed by atoms with Gasteiger partial charge in [-0.15, -0.1) is 0 Å². The van der Waals surface area contributed by atoms with Gasteiger partial charge in [-0.05, 0) is 14.0 Å². The Morgan fingerprint density at radius 2 is 0.766 bits per heavy atom. The van der Waals surface area contributed by atoms with Gasteiger partial charge in [-0.3, -0.25) is 109 Å². The number of hydrogen-bond donors (Lipinski definition) is 16. The van der Waals surface area contributed by atoms with Gasteiger partial charge in [0.15, 0.2) is 57.1 Å². The molecule has 0 bridgehead atoms. The maximum absolute atomic E-state index is 14.2. The standard InChI is InChI=1S/C41H61N11O19P2.C33H50N12O16P2.C2H6O.CH5N/c1-21(2)24(53)16-27-45-34-30(37(56)46-27)43-19-51(34)39-23(5)32-25(68-39)17-66-73(60,61)71-33-26(18-67-72(58,59)70-32)69-40(52-20-44-31-35(52)48-41(50-38(31)57)49-36(55)22(3)4)29(33)47-28(54)6-8-62-10-12-64-14-15-65-13-11-63-9-7-42;1-17-24-18(58-30(17)44-15-37-22-26(44)40-32(35)42-28(22)47)13-56-62(2,49)60-25-19(14-57-63(50,51)61-24)59-31(45-16-38-23-27(45)41-33(36)43-29(23)48)21(25)39-20(46)3-5-52-7-9-54-11-12-55-10-8-53-6-4-34;1-2-3;1-2/h19-23,25-26,29,32-33,39-40H,6-18,42H2,1-5H3,(H,47,54)(H,58,59)(H,60,61)(H,45,46,56)(H2,48,49,50,55,57);15-19,21,24-25,30-31H,3-14,34H2,1-2H3,(H,39,46)(H,50,51)(H3,35,40,42,47)(H3,36,41,43,48);3H,2H2,1H3;2H2,1H3/t23?,25-,26-,29?,32-,33+,39-,40-;17?,18-,19-,21?,24-,25+,30-,31-,62?;;/m11../s1. The average Bonchev–Trinajstić information content (AvgIpc) is 1.61. The van der Waals surface area contributed by atoms with Crippen LogP contribution in [0.15, 0.2) is 44.5 Å². The molecule has 0 aliphatic carbocycles. The maximum atomic E-state index is 14.2. The summed E-state index contributed by atoms with van der Waals surface area (Å²) in [5.41, 5.74) is 23.6. The minimum Gasteiger partial charge on any atom is -0.397 e. The maximum Gasteiger partial charge on any atom is 0.472 e. The fraction of sp³-hybridized carbons (Fsp3) is 0.688. The van der Waals surface area contributed by atoms with Crippen LogP contribution in [0.25, 0.3) is 44.7 Å². The number of aliphatic hydroxyl groups is 1. The Balaban J connectivity index is 0.000000260. The number of amides is 3. The lowest BCUT2D eigenvalue weighted by atomic mass is 10.0. The van der Waals surface area contributed by atoms with E-state index in [-0.39, 0.29) is 152 Å². The van der Waals surface area contributed by atoms with Crippen LogP contribution < -0.4 is 66.9 Å². The predicted molar refractivity (Wildman–Crippen MR) is 489 cm³/mol. The highest BCUT2D eigenvalue weighted by molar-refractivity contribution is 7.53. The quantitative estimate of drug-likeness (QED) is 0.0147. The minimum atomic E-state index is -5.25. The Morgan fingerprint density at radius 3 is 1.14 bits per heavy atom. The van der Waals surface area contributed by atoms with Gasteiger partial charge in [0.25, 0.3) is 22.2 Å². The zero-order chi connectivity index (χ0) is 102. The summed E-state index contributed by atoms with van der Waals surface area (Å²) in [6.07, 6.45) is -11.9. The molecule has 6 saturated heterocycles. The van der Waals surface area contributed by atoms with E-state index >= 15 is 0 Å². The van der Waals surface area contributed by atoms with E-state index in [0.717, 1.165) is 6.33 Å². The number of nitrogens with one attached hydrogen (secondary N) is 7. The van der Waals surface area contributed by atoms with Crippen molar-refractivity contribution in [2.75, 3.05) is 182 Å². The van der Waals surface area contributed by atoms with Crippen LogP contribution in [0, 0.1) is 23.7 Å². The molecule has 60 nitrogen and oxygen atoms in total. The molecule has 6 aliphatic rings. The number of rotatable bonds is 39. The van der Waals surface area contributed by atoms with Gasteiger partial charge in [-0.1, -0.05) is 41.5 Å². The molecule has 21 N–H and O–H groups in total. The third kappa shape index (κ3) is 30.1. The summed E-state index contributed by atoms with van der Waals surface area (Å²) in [4.78, 5) is 181. The van der Waals surface area contributed by atoms with Gasteiger partial charge in [-0.2, -0.15) is 15.0 Å². The van der Waals surface area contributed by atoms with E-state index in [1.54, 1.807) is 48.5 Å². The number of phosphoric ester groups is 3. The number of phosphoric acid groups is 3. The van der Waals surface area contributed by atoms with E-state index in [1.807, 2.05) is 0 Å².